The van der Waals surface area contributed by atoms with Crippen molar-refractivity contribution >= 4 is 27.5 Å². The minimum Gasteiger partial charge on any atom is -0.271 e. The van der Waals surface area contributed by atoms with Crippen LogP contribution in [0.25, 0.3) is 0 Å². The highest BCUT2D eigenvalue weighted by Gasteiger charge is 2.13. The Bertz CT molecular complexity index is 504. The van der Waals surface area contributed by atoms with Gasteiger partial charge in [0.15, 0.2) is 0 Å². The molecule has 3 nitrogen and oxygen atoms in total. The fourth-order valence-corrected chi connectivity index (χ4v) is 2.06. The lowest BCUT2D eigenvalue weighted by molar-refractivity contribution is 0.634. The lowest BCUT2D eigenvalue weighted by atomic mass is 10.0. The molecule has 0 bridgehead atoms. The van der Waals surface area contributed by atoms with Crippen molar-refractivity contribution in [3.8, 4) is 0 Å². The lowest BCUT2D eigenvalue weighted by Gasteiger charge is -2.16. The number of hydrogen-bond donors (Lipinski definition) is 2. The zero-order valence-electron chi connectivity index (χ0n) is 8.90. The zero-order valence-corrected chi connectivity index (χ0v) is 11.2. The molecule has 17 heavy (non-hydrogen) atoms. The van der Waals surface area contributed by atoms with E-state index in [1.54, 1.807) is 12.4 Å². The SMILES string of the molecule is NNC(c1cccnc1)c1ccc(Br)c(Cl)c1. The summed E-state index contributed by atoms with van der Waals surface area (Å²) in [5.41, 5.74) is 4.76. The first kappa shape index (κ1) is 12.5. The van der Waals surface area contributed by atoms with E-state index in [1.807, 2.05) is 30.3 Å². The fraction of sp³-hybridized carbons (Fsp3) is 0.0833. The van der Waals surface area contributed by atoms with E-state index in [2.05, 4.69) is 26.3 Å². The van der Waals surface area contributed by atoms with Crippen molar-refractivity contribution in [1.29, 1.82) is 0 Å². The summed E-state index contributed by atoms with van der Waals surface area (Å²) in [5, 5.41) is 0.659. The van der Waals surface area contributed by atoms with Crippen LogP contribution in [0.4, 0.5) is 0 Å². The van der Waals surface area contributed by atoms with Crippen LogP contribution >= 0.6 is 27.5 Å². The van der Waals surface area contributed by atoms with Crippen molar-refractivity contribution in [2.45, 2.75) is 6.04 Å². The molecule has 0 spiro atoms. The molecule has 1 unspecified atom stereocenters. The van der Waals surface area contributed by atoms with Crippen molar-refractivity contribution in [2.24, 2.45) is 5.84 Å². The minimum atomic E-state index is -0.116. The number of nitrogens with one attached hydrogen (secondary N) is 1. The first-order valence-corrected chi connectivity index (χ1v) is 6.20. The molecular weight excluding hydrogens is 302 g/mol. The van der Waals surface area contributed by atoms with E-state index >= 15 is 0 Å². The molecule has 1 aromatic carbocycles. The molecule has 0 aliphatic carbocycles. The van der Waals surface area contributed by atoms with Gasteiger partial charge in [0.25, 0.3) is 0 Å². The van der Waals surface area contributed by atoms with Crippen LogP contribution in [0.15, 0.2) is 47.2 Å². The number of pyridine rings is 1. The third-order valence-electron chi connectivity index (χ3n) is 2.46. The summed E-state index contributed by atoms with van der Waals surface area (Å²) < 4.78 is 0.866. The van der Waals surface area contributed by atoms with Gasteiger partial charge in [0.2, 0.25) is 0 Å². The summed E-state index contributed by atoms with van der Waals surface area (Å²) in [6, 6.07) is 9.47. The van der Waals surface area contributed by atoms with Crippen molar-refractivity contribution in [1.82, 2.24) is 10.4 Å². The van der Waals surface area contributed by atoms with Gasteiger partial charge in [-0.25, -0.2) is 5.43 Å². The average Bonchev–Trinajstić information content (AvgIpc) is 2.36. The number of hydrazine groups is 1. The monoisotopic (exact) mass is 311 g/mol. The Kier molecular flexibility index (Phi) is 4.12. The summed E-state index contributed by atoms with van der Waals surface area (Å²) in [4.78, 5) is 4.08. The van der Waals surface area contributed by atoms with Crippen molar-refractivity contribution in [3.63, 3.8) is 0 Å². The topological polar surface area (TPSA) is 50.9 Å². The van der Waals surface area contributed by atoms with E-state index in [0.29, 0.717) is 5.02 Å². The molecule has 3 N–H and O–H groups in total. The van der Waals surface area contributed by atoms with Gasteiger partial charge in [0.1, 0.15) is 0 Å². The summed E-state index contributed by atoms with van der Waals surface area (Å²) in [6.45, 7) is 0. The van der Waals surface area contributed by atoms with Crippen LogP contribution in [0.3, 0.4) is 0 Å². The lowest BCUT2D eigenvalue weighted by Crippen LogP contribution is -2.28. The highest BCUT2D eigenvalue weighted by molar-refractivity contribution is 9.10. The minimum absolute atomic E-state index is 0.116. The first-order valence-electron chi connectivity index (χ1n) is 5.03. The van der Waals surface area contributed by atoms with Gasteiger partial charge in [-0.1, -0.05) is 23.7 Å². The molecule has 0 aliphatic rings. The maximum atomic E-state index is 6.07. The van der Waals surface area contributed by atoms with E-state index in [-0.39, 0.29) is 6.04 Å². The van der Waals surface area contributed by atoms with Gasteiger partial charge in [-0.2, -0.15) is 0 Å². The van der Waals surface area contributed by atoms with E-state index in [9.17, 15) is 0 Å². The van der Waals surface area contributed by atoms with E-state index in [0.717, 1.165) is 15.6 Å². The van der Waals surface area contributed by atoms with Crippen LogP contribution in [-0.4, -0.2) is 4.98 Å². The van der Waals surface area contributed by atoms with Crippen molar-refractivity contribution in [2.75, 3.05) is 0 Å². The van der Waals surface area contributed by atoms with Gasteiger partial charge < -0.3 is 0 Å². The van der Waals surface area contributed by atoms with Gasteiger partial charge in [-0.05, 0) is 45.3 Å². The molecule has 2 aromatic rings. The number of benzene rings is 1. The molecule has 2 rings (SSSR count). The number of hydrogen-bond acceptors (Lipinski definition) is 3. The highest BCUT2D eigenvalue weighted by Crippen LogP contribution is 2.28. The smallest absolute Gasteiger partial charge is 0.0725 e. The predicted molar refractivity (Wildman–Crippen MR) is 72.6 cm³/mol. The third-order valence-corrected chi connectivity index (χ3v) is 3.69. The maximum Gasteiger partial charge on any atom is 0.0725 e. The number of aromatic nitrogens is 1. The molecule has 5 heteroatoms. The Hall–Kier alpha value is -0.940. The normalized spacial score (nSPS) is 12.4. The molecule has 88 valence electrons. The molecule has 0 aliphatic heterocycles. The molecule has 1 aromatic heterocycles. The molecular formula is C12H11BrClN3. The Morgan fingerprint density at radius 2 is 2.12 bits per heavy atom. The van der Waals surface area contributed by atoms with E-state index in [4.69, 9.17) is 17.4 Å². The third kappa shape index (κ3) is 2.84. The van der Waals surface area contributed by atoms with Crippen LogP contribution in [0, 0.1) is 0 Å². The predicted octanol–water partition coefficient (Wildman–Crippen LogP) is 3.05. The molecule has 0 fully saturated rings. The van der Waals surface area contributed by atoms with Crippen molar-refractivity contribution in [3.05, 3.63) is 63.3 Å². The van der Waals surface area contributed by atoms with Crippen LogP contribution in [0.5, 0.6) is 0 Å². The summed E-state index contributed by atoms with van der Waals surface area (Å²) >= 11 is 9.43. The summed E-state index contributed by atoms with van der Waals surface area (Å²) in [6.07, 6.45) is 3.51. The van der Waals surface area contributed by atoms with Crippen LogP contribution in [0.1, 0.15) is 17.2 Å². The quantitative estimate of drug-likeness (QED) is 0.676. The molecule has 0 saturated heterocycles. The second-order valence-corrected chi connectivity index (χ2v) is 4.82. The fourth-order valence-electron chi connectivity index (χ4n) is 1.62. The Morgan fingerprint density at radius 1 is 1.29 bits per heavy atom. The Morgan fingerprint density at radius 3 is 2.71 bits per heavy atom. The van der Waals surface area contributed by atoms with Crippen LogP contribution < -0.4 is 11.3 Å². The van der Waals surface area contributed by atoms with E-state index < -0.39 is 0 Å². The first-order chi connectivity index (χ1) is 8.22. The maximum absolute atomic E-state index is 6.07. The Labute approximate surface area is 113 Å². The number of nitrogens with two attached hydrogens (primary N) is 1. The largest absolute Gasteiger partial charge is 0.271 e. The van der Waals surface area contributed by atoms with Gasteiger partial charge >= 0.3 is 0 Å². The second kappa shape index (κ2) is 5.60. The zero-order chi connectivity index (χ0) is 12.3. The molecule has 1 atom stereocenters. The van der Waals surface area contributed by atoms with Gasteiger partial charge in [0.05, 0.1) is 11.1 Å². The molecule has 1 heterocycles. The van der Waals surface area contributed by atoms with Crippen LogP contribution in [-0.2, 0) is 0 Å². The second-order valence-electron chi connectivity index (χ2n) is 3.56. The van der Waals surface area contributed by atoms with Crippen molar-refractivity contribution < 1.29 is 0 Å². The summed E-state index contributed by atoms with van der Waals surface area (Å²) in [5.74, 6) is 5.59. The van der Waals surface area contributed by atoms with Crippen LogP contribution in [0.2, 0.25) is 5.02 Å². The molecule has 0 saturated carbocycles. The van der Waals surface area contributed by atoms with E-state index in [1.165, 1.54) is 0 Å². The number of rotatable bonds is 3. The highest BCUT2D eigenvalue weighted by atomic mass is 79.9. The summed E-state index contributed by atoms with van der Waals surface area (Å²) in [7, 11) is 0. The van der Waals surface area contributed by atoms with Gasteiger partial charge in [-0.3, -0.25) is 10.8 Å². The van der Waals surface area contributed by atoms with Gasteiger partial charge in [-0.15, -0.1) is 0 Å². The number of nitrogens with zero attached hydrogens (tertiary/aromatic N) is 1. The molecule has 0 radical (unpaired) electrons. The van der Waals surface area contributed by atoms with Gasteiger partial charge in [0, 0.05) is 16.9 Å². The Balaban J connectivity index is 2.39. The number of halogens is 2. The average molecular weight is 313 g/mol. The molecule has 0 amide bonds. The standard InChI is InChI=1S/C12H11BrClN3/c13-10-4-3-8(6-11(10)14)12(17-15)9-2-1-5-16-7-9/h1-7,12,17H,15H2.